The van der Waals surface area contributed by atoms with Crippen molar-refractivity contribution in [2.45, 2.75) is 82.4 Å². The summed E-state index contributed by atoms with van der Waals surface area (Å²) in [6.45, 7) is 4.65. The molecule has 1 aromatic heterocycles. The van der Waals surface area contributed by atoms with Gasteiger partial charge in [-0.1, -0.05) is 71.9 Å². The highest BCUT2D eigenvalue weighted by Crippen LogP contribution is 2.27. The molecule has 3 aromatic rings. The van der Waals surface area contributed by atoms with E-state index in [1.807, 2.05) is 61.3 Å². The second kappa shape index (κ2) is 13.5. The summed E-state index contributed by atoms with van der Waals surface area (Å²) in [5, 5.41) is 0.708. The van der Waals surface area contributed by atoms with Crippen LogP contribution in [0, 0.1) is 0 Å². The van der Waals surface area contributed by atoms with Crippen LogP contribution in [0.2, 0.25) is 5.02 Å². The Morgan fingerprint density at radius 2 is 1.74 bits per heavy atom. The lowest BCUT2D eigenvalue weighted by molar-refractivity contribution is -0.135. The summed E-state index contributed by atoms with van der Waals surface area (Å²) in [7, 11) is -3.86. The van der Waals surface area contributed by atoms with E-state index in [-0.39, 0.29) is 29.4 Å². The molecule has 1 aliphatic carbocycles. The van der Waals surface area contributed by atoms with Crippen LogP contribution in [0.1, 0.15) is 63.6 Å². The Balaban J connectivity index is 1.61. The van der Waals surface area contributed by atoms with Crippen molar-refractivity contribution in [2.24, 2.45) is 0 Å². The average molecular weight is 635 g/mol. The zero-order chi connectivity index (χ0) is 28.0. The van der Waals surface area contributed by atoms with E-state index in [1.54, 1.807) is 24.3 Å². The van der Waals surface area contributed by atoms with Crippen LogP contribution in [0.4, 0.5) is 0 Å². The van der Waals surface area contributed by atoms with Crippen molar-refractivity contribution in [1.29, 1.82) is 0 Å². The maximum absolute atomic E-state index is 14.0. The molecule has 210 valence electrons. The first-order valence-corrected chi connectivity index (χ1v) is 16.3. The molecule has 1 atom stereocenters. The predicted molar refractivity (Wildman–Crippen MR) is 160 cm³/mol. The molecule has 0 N–H and O–H groups in total. The Hall–Kier alpha value is -2.13. The van der Waals surface area contributed by atoms with Crippen molar-refractivity contribution < 1.29 is 13.2 Å². The quantitative estimate of drug-likeness (QED) is 0.226. The lowest BCUT2D eigenvalue weighted by Crippen LogP contribution is -2.49. The molecular weight excluding hydrogens is 598 g/mol. The van der Waals surface area contributed by atoms with E-state index in [2.05, 4.69) is 20.5 Å². The number of halogens is 2. The molecule has 1 heterocycles. The number of carbonyl (C=O) groups is 1. The van der Waals surface area contributed by atoms with Crippen molar-refractivity contribution in [2.75, 3.05) is 6.54 Å². The summed E-state index contributed by atoms with van der Waals surface area (Å²) < 4.78 is 31.7. The minimum Gasteiger partial charge on any atom is -0.345 e. The molecule has 6 nitrogen and oxygen atoms in total. The highest BCUT2D eigenvalue weighted by atomic mass is 79.9. The number of rotatable bonds is 11. The van der Waals surface area contributed by atoms with Gasteiger partial charge in [-0.25, -0.2) is 8.42 Å². The van der Waals surface area contributed by atoms with Gasteiger partial charge in [-0.15, -0.1) is 0 Å². The second-order valence-corrected chi connectivity index (χ2v) is 13.5. The van der Waals surface area contributed by atoms with Crippen molar-refractivity contribution in [3.63, 3.8) is 0 Å². The zero-order valence-electron chi connectivity index (χ0n) is 22.6. The highest BCUT2D eigenvalue weighted by molar-refractivity contribution is 9.10. The maximum atomic E-state index is 14.0. The Kier molecular flexibility index (Phi) is 10.3. The molecule has 2 aromatic carbocycles. The molecule has 0 bridgehead atoms. The molecule has 0 aliphatic heterocycles. The van der Waals surface area contributed by atoms with Gasteiger partial charge in [0.1, 0.15) is 0 Å². The zero-order valence-corrected chi connectivity index (χ0v) is 25.8. The van der Waals surface area contributed by atoms with Crippen LogP contribution < -0.4 is 0 Å². The van der Waals surface area contributed by atoms with Crippen LogP contribution in [-0.4, -0.2) is 46.7 Å². The van der Waals surface area contributed by atoms with Gasteiger partial charge in [0.15, 0.2) is 0 Å². The molecule has 1 aliphatic rings. The van der Waals surface area contributed by atoms with Crippen molar-refractivity contribution in [1.82, 2.24) is 13.8 Å². The van der Waals surface area contributed by atoms with E-state index in [0.717, 1.165) is 41.4 Å². The van der Waals surface area contributed by atoms with Crippen molar-refractivity contribution in [3.8, 4) is 0 Å². The van der Waals surface area contributed by atoms with E-state index < -0.39 is 10.0 Å². The van der Waals surface area contributed by atoms with Crippen LogP contribution >= 0.6 is 27.5 Å². The summed E-state index contributed by atoms with van der Waals surface area (Å²) in [5.41, 5.74) is 2.01. The summed E-state index contributed by atoms with van der Waals surface area (Å²) in [4.78, 5) is 16.1. The van der Waals surface area contributed by atoms with E-state index in [0.29, 0.717) is 24.5 Å². The summed E-state index contributed by atoms with van der Waals surface area (Å²) in [5.74, 6) is -0.159. The van der Waals surface area contributed by atoms with Gasteiger partial charge < -0.3 is 9.47 Å². The molecule has 1 unspecified atom stereocenters. The summed E-state index contributed by atoms with van der Waals surface area (Å²) >= 11 is 9.81. The number of hydrogen-bond donors (Lipinski definition) is 0. The third-order valence-electron chi connectivity index (χ3n) is 7.68. The van der Waals surface area contributed by atoms with Gasteiger partial charge in [-0.3, -0.25) is 4.79 Å². The lowest BCUT2D eigenvalue weighted by Gasteiger charge is -2.37. The van der Waals surface area contributed by atoms with Crippen LogP contribution in [0.5, 0.6) is 0 Å². The predicted octanol–water partition coefficient (Wildman–Crippen LogP) is 7.10. The van der Waals surface area contributed by atoms with Crippen LogP contribution in [0.15, 0.2) is 76.2 Å². The first kappa shape index (κ1) is 29.8. The Bertz CT molecular complexity index is 1350. The van der Waals surface area contributed by atoms with Gasteiger partial charge in [0.2, 0.25) is 15.9 Å². The number of amides is 1. The van der Waals surface area contributed by atoms with Crippen molar-refractivity contribution in [3.05, 3.63) is 87.6 Å². The number of hydrogen-bond acceptors (Lipinski definition) is 3. The third-order valence-corrected chi connectivity index (χ3v) is 10.6. The largest absolute Gasteiger partial charge is 0.345 e. The molecule has 0 spiro atoms. The SMILES string of the molecule is CCC(C)N(CC(=O)N(Cc1cccn1Cc1ccccc1Cl)C1CCCCC1)S(=O)(=O)c1ccc(Br)cc1. The van der Waals surface area contributed by atoms with Gasteiger partial charge in [0, 0.05) is 40.0 Å². The molecule has 4 rings (SSSR count). The fourth-order valence-corrected chi connectivity index (χ4v) is 7.31. The molecular formula is C30H37BrClN3O3S. The minimum absolute atomic E-state index is 0.0871. The molecule has 1 fully saturated rings. The van der Waals surface area contributed by atoms with Crippen LogP contribution in [0.3, 0.4) is 0 Å². The molecule has 0 radical (unpaired) electrons. The smallest absolute Gasteiger partial charge is 0.243 e. The summed E-state index contributed by atoms with van der Waals surface area (Å²) in [6, 6.07) is 18.2. The number of benzene rings is 2. The topological polar surface area (TPSA) is 62.6 Å². The van der Waals surface area contributed by atoms with E-state index in [1.165, 1.54) is 10.7 Å². The Morgan fingerprint density at radius 1 is 1.05 bits per heavy atom. The minimum atomic E-state index is -3.86. The summed E-state index contributed by atoms with van der Waals surface area (Å²) in [6.07, 6.45) is 7.78. The molecule has 1 amide bonds. The van der Waals surface area contributed by atoms with Crippen molar-refractivity contribution >= 4 is 43.5 Å². The average Bonchev–Trinajstić information content (AvgIpc) is 3.38. The molecule has 9 heteroatoms. The van der Waals surface area contributed by atoms with E-state index in [9.17, 15) is 13.2 Å². The highest BCUT2D eigenvalue weighted by Gasteiger charge is 2.34. The van der Waals surface area contributed by atoms with Crippen LogP contribution in [-0.2, 0) is 27.9 Å². The standard InChI is InChI=1S/C30H37BrClN3O3S/c1-3-23(2)35(39(37,38)28-17-15-25(31)16-18-28)22-30(36)34(26-11-5-4-6-12-26)21-27-13-9-19-33(27)20-24-10-7-8-14-29(24)32/h7-10,13-19,23,26H,3-6,11-12,20-22H2,1-2H3. The first-order valence-electron chi connectivity index (χ1n) is 13.6. The normalized spacial score (nSPS) is 15.4. The molecule has 0 saturated heterocycles. The van der Waals surface area contributed by atoms with E-state index >= 15 is 0 Å². The number of nitrogens with zero attached hydrogens (tertiary/aromatic N) is 3. The monoisotopic (exact) mass is 633 g/mol. The maximum Gasteiger partial charge on any atom is 0.243 e. The first-order chi connectivity index (χ1) is 18.7. The van der Waals surface area contributed by atoms with Crippen LogP contribution in [0.25, 0.3) is 0 Å². The fourth-order valence-electron chi connectivity index (χ4n) is 5.19. The fraction of sp³-hybridized carbons (Fsp3) is 0.433. The Morgan fingerprint density at radius 3 is 2.41 bits per heavy atom. The lowest BCUT2D eigenvalue weighted by atomic mass is 9.94. The van der Waals surface area contributed by atoms with Gasteiger partial charge in [-0.05, 0) is 74.2 Å². The molecule has 1 saturated carbocycles. The number of sulfonamides is 1. The van der Waals surface area contributed by atoms with Gasteiger partial charge >= 0.3 is 0 Å². The second-order valence-electron chi connectivity index (χ2n) is 10.3. The number of carbonyl (C=O) groups excluding carboxylic acids is 1. The number of aromatic nitrogens is 1. The van der Waals surface area contributed by atoms with Gasteiger partial charge in [0.05, 0.1) is 18.0 Å². The van der Waals surface area contributed by atoms with E-state index in [4.69, 9.17) is 11.6 Å². The van der Waals surface area contributed by atoms with Gasteiger partial charge in [-0.2, -0.15) is 4.31 Å². The van der Waals surface area contributed by atoms with Gasteiger partial charge in [0.25, 0.3) is 0 Å². The third kappa shape index (κ3) is 7.34. The Labute approximate surface area is 246 Å². The molecule has 39 heavy (non-hydrogen) atoms.